The summed E-state index contributed by atoms with van der Waals surface area (Å²) in [5, 5.41) is 0.911. The van der Waals surface area contributed by atoms with E-state index in [0.29, 0.717) is 0 Å². The number of nitrogens with zero attached hydrogens (tertiary/aromatic N) is 1. The van der Waals surface area contributed by atoms with Crippen LogP contribution in [-0.4, -0.2) is 17.5 Å². The lowest BCUT2D eigenvalue weighted by atomic mass is 10.1. The molecule has 6 heteroatoms. The molecule has 0 fully saturated rings. The maximum absolute atomic E-state index is 12.4. The maximum Gasteiger partial charge on any atom is 0.417 e. The molecule has 0 aliphatic carbocycles. The second-order valence-corrected chi connectivity index (χ2v) is 2.63. The van der Waals surface area contributed by atoms with Gasteiger partial charge in [-0.2, -0.15) is 13.2 Å². The van der Waals surface area contributed by atoms with Gasteiger partial charge >= 0.3 is 6.18 Å². The third-order valence-electron chi connectivity index (χ3n) is 1.57. The van der Waals surface area contributed by atoms with Crippen molar-refractivity contribution in [1.29, 1.82) is 0 Å². The van der Waals surface area contributed by atoms with Gasteiger partial charge in [0, 0.05) is 11.6 Å². The molecule has 2 nitrogen and oxygen atoms in total. The summed E-state index contributed by atoms with van der Waals surface area (Å²) in [6, 6.07) is 0.862. The van der Waals surface area contributed by atoms with Crippen LogP contribution in [0.25, 0.3) is 0 Å². The molecule has 0 aromatic carbocycles. The second kappa shape index (κ2) is 3.91. The van der Waals surface area contributed by atoms with Crippen LogP contribution in [0.4, 0.5) is 13.2 Å². The number of pyridine rings is 1. The molecule has 0 unspecified atom stereocenters. The minimum absolute atomic E-state index is 0.116. The number of rotatable bonds is 2. The Morgan fingerprint density at radius 2 is 2.14 bits per heavy atom. The first-order valence-electron chi connectivity index (χ1n) is 3.56. The fourth-order valence-electron chi connectivity index (χ4n) is 0.978. The molecule has 0 N–H and O–H groups in total. The smallest absolute Gasteiger partial charge is 0.417 e. The summed E-state index contributed by atoms with van der Waals surface area (Å²) in [6.45, 7) is 0. The highest BCUT2D eigenvalue weighted by Gasteiger charge is 2.34. The van der Waals surface area contributed by atoms with Crippen molar-refractivity contribution in [3.05, 3.63) is 23.4 Å². The van der Waals surface area contributed by atoms with Gasteiger partial charge in [-0.05, 0) is 6.07 Å². The van der Waals surface area contributed by atoms with Gasteiger partial charge in [-0.25, -0.2) is 4.98 Å². The van der Waals surface area contributed by atoms with Gasteiger partial charge in [-0.3, -0.25) is 0 Å². The van der Waals surface area contributed by atoms with Crippen LogP contribution < -0.4 is 4.74 Å². The molecule has 0 radical (unpaired) electrons. The van der Waals surface area contributed by atoms with Crippen LogP contribution >= 0.6 is 12.2 Å². The van der Waals surface area contributed by atoms with E-state index in [1.807, 2.05) is 0 Å². The summed E-state index contributed by atoms with van der Waals surface area (Å²) in [5.41, 5.74) is -1.04. The summed E-state index contributed by atoms with van der Waals surface area (Å²) in [5.74, 6) is -0.116. The molecular weight excluding hydrogens is 215 g/mol. The first-order valence-corrected chi connectivity index (χ1v) is 4.03. The largest absolute Gasteiger partial charge is 0.481 e. The predicted molar refractivity (Wildman–Crippen MR) is 48.5 cm³/mol. The van der Waals surface area contributed by atoms with E-state index in [4.69, 9.17) is 0 Å². The van der Waals surface area contributed by atoms with E-state index in [1.165, 1.54) is 7.11 Å². The zero-order valence-electron chi connectivity index (χ0n) is 7.13. The molecule has 0 spiro atoms. The second-order valence-electron chi connectivity index (χ2n) is 2.40. The van der Waals surface area contributed by atoms with Gasteiger partial charge in [0.05, 0.1) is 18.2 Å². The van der Waals surface area contributed by atoms with Crippen LogP contribution in [0, 0.1) is 0 Å². The van der Waals surface area contributed by atoms with Crippen molar-refractivity contribution in [3.8, 4) is 5.88 Å². The van der Waals surface area contributed by atoms with Gasteiger partial charge in [-0.1, -0.05) is 12.2 Å². The van der Waals surface area contributed by atoms with Crippen LogP contribution in [-0.2, 0) is 6.18 Å². The summed E-state index contributed by atoms with van der Waals surface area (Å²) in [4.78, 5) is 3.62. The van der Waals surface area contributed by atoms with E-state index in [0.717, 1.165) is 17.6 Å². The van der Waals surface area contributed by atoms with Crippen molar-refractivity contribution >= 4 is 17.6 Å². The molecular formula is C8H6F3NOS. The zero-order valence-corrected chi connectivity index (χ0v) is 7.95. The van der Waals surface area contributed by atoms with Crippen LogP contribution in [0.3, 0.4) is 0 Å². The molecule has 0 aliphatic rings. The van der Waals surface area contributed by atoms with Gasteiger partial charge in [0.25, 0.3) is 0 Å². The number of halogens is 3. The third kappa shape index (κ3) is 2.01. The molecule has 0 saturated carbocycles. The van der Waals surface area contributed by atoms with Crippen LogP contribution in [0.2, 0.25) is 0 Å². The summed E-state index contributed by atoms with van der Waals surface area (Å²) in [7, 11) is 1.24. The lowest BCUT2D eigenvalue weighted by molar-refractivity contribution is -0.137. The van der Waals surface area contributed by atoms with E-state index in [2.05, 4.69) is 21.9 Å². The van der Waals surface area contributed by atoms with Crippen LogP contribution in [0.1, 0.15) is 11.1 Å². The fraction of sp³-hybridized carbons (Fsp3) is 0.250. The quantitative estimate of drug-likeness (QED) is 0.716. The molecule has 1 rings (SSSR count). The first kappa shape index (κ1) is 10.9. The van der Waals surface area contributed by atoms with Gasteiger partial charge in [0.1, 0.15) is 0 Å². The van der Waals surface area contributed by atoms with Crippen molar-refractivity contribution in [3.63, 3.8) is 0 Å². The highest BCUT2D eigenvalue weighted by Crippen LogP contribution is 2.33. The average molecular weight is 221 g/mol. The summed E-state index contributed by atoms with van der Waals surface area (Å²) >= 11 is 4.48. The van der Waals surface area contributed by atoms with E-state index >= 15 is 0 Å². The molecule has 0 atom stereocenters. The molecule has 1 heterocycles. The molecule has 0 aliphatic heterocycles. The van der Waals surface area contributed by atoms with E-state index in [-0.39, 0.29) is 11.4 Å². The molecule has 0 bridgehead atoms. The summed E-state index contributed by atoms with van der Waals surface area (Å²) < 4.78 is 41.9. The van der Waals surface area contributed by atoms with Gasteiger partial charge in [-0.15, -0.1) is 0 Å². The number of hydrogen-bond donors (Lipinski definition) is 0. The molecule has 76 valence electrons. The van der Waals surface area contributed by atoms with Crippen molar-refractivity contribution < 1.29 is 17.9 Å². The molecule has 0 saturated heterocycles. The van der Waals surface area contributed by atoms with E-state index in [1.54, 1.807) is 0 Å². The fourth-order valence-corrected chi connectivity index (χ4v) is 1.21. The zero-order chi connectivity index (χ0) is 10.8. The Bertz CT molecular complexity index is 351. The predicted octanol–water partition coefficient (Wildman–Crippen LogP) is 2.46. The third-order valence-corrected chi connectivity index (χ3v) is 1.81. The number of hydrogen-bond acceptors (Lipinski definition) is 3. The van der Waals surface area contributed by atoms with Gasteiger partial charge in [0.2, 0.25) is 5.88 Å². The number of alkyl halides is 3. The monoisotopic (exact) mass is 221 g/mol. The van der Waals surface area contributed by atoms with Crippen molar-refractivity contribution in [2.24, 2.45) is 0 Å². The average Bonchev–Trinajstić information content (AvgIpc) is 2.15. The first-order chi connectivity index (χ1) is 6.50. The summed E-state index contributed by atoms with van der Waals surface area (Å²) in [6.07, 6.45) is -3.41. The minimum atomic E-state index is -4.44. The topological polar surface area (TPSA) is 22.1 Å². The van der Waals surface area contributed by atoms with Gasteiger partial charge in [0.15, 0.2) is 0 Å². The maximum atomic E-state index is 12.4. The van der Waals surface area contributed by atoms with Crippen LogP contribution in [0.5, 0.6) is 5.88 Å². The van der Waals surface area contributed by atoms with E-state index in [9.17, 15) is 13.2 Å². The number of ether oxygens (including phenoxy) is 1. The minimum Gasteiger partial charge on any atom is -0.481 e. The molecule has 0 amide bonds. The number of methoxy groups -OCH3 is 1. The highest BCUT2D eigenvalue weighted by molar-refractivity contribution is 7.79. The van der Waals surface area contributed by atoms with Gasteiger partial charge < -0.3 is 4.74 Å². The van der Waals surface area contributed by atoms with E-state index < -0.39 is 11.7 Å². The van der Waals surface area contributed by atoms with Crippen LogP contribution in [0.15, 0.2) is 12.3 Å². The molecule has 1 aromatic rings. The lowest BCUT2D eigenvalue weighted by Gasteiger charge is -2.11. The Labute approximate surface area is 83.7 Å². The Morgan fingerprint density at radius 1 is 1.50 bits per heavy atom. The Hall–Kier alpha value is -1.17. The normalized spacial score (nSPS) is 11.1. The number of aromatic nitrogens is 1. The Balaban J connectivity index is 3.37. The van der Waals surface area contributed by atoms with Crippen molar-refractivity contribution in [1.82, 2.24) is 4.98 Å². The number of thiocarbonyl (C=S) groups is 1. The Morgan fingerprint density at radius 3 is 2.57 bits per heavy atom. The lowest BCUT2D eigenvalue weighted by Crippen LogP contribution is -2.10. The SMILES string of the molecule is COc1nccc(C(F)(F)F)c1C=S. The standard InChI is InChI=1S/C8H6F3NOS/c1-13-7-5(4-14)6(2-3-12-7)8(9,10)11/h2-4H,1H3. The van der Waals surface area contributed by atoms with Crippen molar-refractivity contribution in [2.45, 2.75) is 6.18 Å². The Kier molecular flexibility index (Phi) is 3.05. The van der Waals surface area contributed by atoms with Crippen molar-refractivity contribution in [2.75, 3.05) is 7.11 Å². The molecule has 14 heavy (non-hydrogen) atoms. The highest BCUT2D eigenvalue weighted by atomic mass is 32.1. The molecule has 1 aromatic heterocycles.